The van der Waals surface area contributed by atoms with E-state index in [1.165, 1.54) is 0 Å². The zero-order valence-corrected chi connectivity index (χ0v) is 6.13. The fraction of sp³-hybridized carbons (Fsp3) is 0.667. The Morgan fingerprint density at radius 3 is 2.82 bits per heavy atom. The van der Waals surface area contributed by atoms with E-state index >= 15 is 0 Å². The minimum atomic E-state index is -1.05. The molecule has 0 aliphatic carbocycles. The predicted molar refractivity (Wildman–Crippen MR) is 36.8 cm³/mol. The molecule has 5 nitrogen and oxygen atoms in total. The fourth-order valence-corrected chi connectivity index (χ4v) is 1.02. The van der Waals surface area contributed by atoms with Gasteiger partial charge in [0.05, 0.1) is 0 Å². The number of carboxylic acids is 1. The molecule has 1 amide bonds. The summed E-state index contributed by atoms with van der Waals surface area (Å²) in [6, 6.07) is -0.0650. The van der Waals surface area contributed by atoms with Crippen molar-refractivity contribution in [2.45, 2.75) is 25.6 Å². The van der Waals surface area contributed by atoms with E-state index in [1.807, 2.05) is 0 Å². The van der Waals surface area contributed by atoms with Gasteiger partial charge in [-0.05, 0) is 6.92 Å². The number of hydrogen-bond donors (Lipinski definition) is 3. The molecule has 2 unspecified atom stereocenters. The number of rotatable bonds is 1. The van der Waals surface area contributed by atoms with Crippen LogP contribution in [0.3, 0.4) is 0 Å². The number of carbonyl (C=O) groups excluding carboxylic acids is 1. The summed E-state index contributed by atoms with van der Waals surface area (Å²) in [5.74, 6) is -1.27. The van der Waals surface area contributed by atoms with Crippen molar-refractivity contribution >= 4 is 11.9 Å². The third kappa shape index (κ3) is 1.91. The molecule has 62 valence electrons. The van der Waals surface area contributed by atoms with Crippen molar-refractivity contribution in [2.75, 3.05) is 0 Å². The number of amides is 1. The minimum Gasteiger partial charge on any atom is -0.479 e. The van der Waals surface area contributed by atoms with Crippen LogP contribution in [-0.2, 0) is 9.59 Å². The normalized spacial score (nSPS) is 31.2. The predicted octanol–water partition coefficient (Wildman–Crippen LogP) is -1.10. The third-order valence-electron chi connectivity index (χ3n) is 1.50. The van der Waals surface area contributed by atoms with Crippen LogP contribution in [0.25, 0.3) is 0 Å². The molecule has 1 saturated heterocycles. The van der Waals surface area contributed by atoms with Gasteiger partial charge in [-0.15, -0.1) is 0 Å². The molecule has 0 spiro atoms. The fourth-order valence-electron chi connectivity index (χ4n) is 1.02. The number of carbonyl (C=O) groups is 2. The van der Waals surface area contributed by atoms with E-state index in [0.29, 0.717) is 6.42 Å². The van der Waals surface area contributed by atoms with Crippen LogP contribution in [0.15, 0.2) is 0 Å². The van der Waals surface area contributed by atoms with Crippen LogP contribution < -0.4 is 10.6 Å². The summed E-state index contributed by atoms with van der Waals surface area (Å²) in [6.45, 7) is 1.77. The highest BCUT2D eigenvalue weighted by Gasteiger charge is 2.27. The lowest BCUT2D eigenvalue weighted by Gasteiger charge is -2.26. The molecule has 0 aromatic heterocycles. The quantitative estimate of drug-likeness (QED) is 0.452. The van der Waals surface area contributed by atoms with Gasteiger partial charge in [0.2, 0.25) is 5.91 Å². The maximum Gasteiger partial charge on any atom is 0.341 e. The van der Waals surface area contributed by atoms with Crippen molar-refractivity contribution in [3.05, 3.63) is 0 Å². The molecule has 5 heteroatoms. The third-order valence-corrected chi connectivity index (χ3v) is 1.50. The molecule has 1 heterocycles. The first-order valence-corrected chi connectivity index (χ1v) is 3.38. The smallest absolute Gasteiger partial charge is 0.341 e. The average Bonchev–Trinajstić information content (AvgIpc) is 1.85. The van der Waals surface area contributed by atoms with Crippen LogP contribution >= 0.6 is 0 Å². The Morgan fingerprint density at radius 2 is 2.36 bits per heavy atom. The van der Waals surface area contributed by atoms with E-state index in [9.17, 15) is 9.59 Å². The molecule has 2 atom stereocenters. The van der Waals surface area contributed by atoms with Crippen LogP contribution in [-0.4, -0.2) is 29.2 Å². The van der Waals surface area contributed by atoms with Gasteiger partial charge in [0.25, 0.3) is 0 Å². The summed E-state index contributed by atoms with van der Waals surface area (Å²) in [6.07, 6.45) is -0.588. The molecular formula is C6H10N2O3. The summed E-state index contributed by atoms with van der Waals surface area (Å²) in [7, 11) is 0. The maximum absolute atomic E-state index is 10.8. The second-order valence-corrected chi connectivity index (χ2v) is 2.61. The van der Waals surface area contributed by atoms with E-state index in [4.69, 9.17) is 5.11 Å². The van der Waals surface area contributed by atoms with Gasteiger partial charge in [-0.25, -0.2) is 4.79 Å². The molecule has 3 N–H and O–H groups in total. The lowest BCUT2D eigenvalue weighted by atomic mass is 10.1. The maximum atomic E-state index is 10.8. The molecule has 0 radical (unpaired) electrons. The van der Waals surface area contributed by atoms with Crippen molar-refractivity contribution in [1.29, 1.82) is 0 Å². The molecule has 0 aromatic carbocycles. The van der Waals surface area contributed by atoms with Gasteiger partial charge in [0.15, 0.2) is 6.17 Å². The Balaban J connectivity index is 2.56. The second kappa shape index (κ2) is 2.87. The highest BCUT2D eigenvalue weighted by molar-refractivity contribution is 5.84. The lowest BCUT2D eigenvalue weighted by molar-refractivity contribution is -0.144. The van der Waals surface area contributed by atoms with Gasteiger partial charge in [0, 0.05) is 12.5 Å². The summed E-state index contributed by atoms with van der Waals surface area (Å²) in [5, 5.41) is 13.5. The van der Waals surface area contributed by atoms with Crippen LogP contribution in [0.5, 0.6) is 0 Å². The highest BCUT2D eigenvalue weighted by atomic mass is 16.4. The number of hydrogen-bond acceptors (Lipinski definition) is 3. The van der Waals surface area contributed by atoms with E-state index in [2.05, 4.69) is 10.6 Å². The first kappa shape index (κ1) is 8.00. The Hall–Kier alpha value is -1.10. The van der Waals surface area contributed by atoms with Crippen molar-refractivity contribution in [3.63, 3.8) is 0 Å². The topological polar surface area (TPSA) is 78.4 Å². The van der Waals surface area contributed by atoms with Gasteiger partial charge in [0.1, 0.15) is 0 Å². The first-order valence-electron chi connectivity index (χ1n) is 3.38. The van der Waals surface area contributed by atoms with Crippen molar-refractivity contribution < 1.29 is 14.7 Å². The van der Waals surface area contributed by atoms with Crippen molar-refractivity contribution in [3.8, 4) is 0 Å². The van der Waals surface area contributed by atoms with Crippen molar-refractivity contribution in [1.82, 2.24) is 10.6 Å². The Labute approximate surface area is 63.8 Å². The van der Waals surface area contributed by atoms with E-state index in [0.717, 1.165) is 0 Å². The average molecular weight is 158 g/mol. The van der Waals surface area contributed by atoms with Gasteiger partial charge in [-0.2, -0.15) is 0 Å². The number of nitrogens with one attached hydrogen (secondary N) is 2. The molecule has 1 fully saturated rings. The second-order valence-electron chi connectivity index (χ2n) is 2.61. The summed E-state index contributed by atoms with van der Waals surface area (Å²) < 4.78 is 0. The van der Waals surface area contributed by atoms with Gasteiger partial charge in [-0.3, -0.25) is 10.1 Å². The Kier molecular flexibility index (Phi) is 2.09. The molecule has 1 rings (SSSR count). The van der Waals surface area contributed by atoms with Crippen LogP contribution in [0.1, 0.15) is 13.3 Å². The SMILES string of the molecule is CC1CC(=O)NC(C(=O)O)N1. The molecule has 1 aliphatic heterocycles. The summed E-state index contributed by atoms with van der Waals surface area (Å²) in [4.78, 5) is 21.1. The monoisotopic (exact) mass is 158 g/mol. The van der Waals surface area contributed by atoms with E-state index < -0.39 is 12.1 Å². The summed E-state index contributed by atoms with van der Waals surface area (Å²) >= 11 is 0. The summed E-state index contributed by atoms with van der Waals surface area (Å²) in [5.41, 5.74) is 0. The van der Waals surface area contributed by atoms with Crippen LogP contribution in [0.2, 0.25) is 0 Å². The largest absolute Gasteiger partial charge is 0.479 e. The van der Waals surface area contributed by atoms with Gasteiger partial charge < -0.3 is 10.4 Å². The van der Waals surface area contributed by atoms with Crippen LogP contribution in [0, 0.1) is 0 Å². The number of aliphatic carboxylic acids is 1. The molecule has 0 bridgehead atoms. The van der Waals surface area contributed by atoms with E-state index in [-0.39, 0.29) is 11.9 Å². The van der Waals surface area contributed by atoms with Crippen molar-refractivity contribution in [2.24, 2.45) is 0 Å². The molecule has 0 saturated carbocycles. The van der Waals surface area contributed by atoms with Gasteiger partial charge >= 0.3 is 5.97 Å². The zero-order chi connectivity index (χ0) is 8.43. The molecular weight excluding hydrogens is 148 g/mol. The molecule has 11 heavy (non-hydrogen) atoms. The highest BCUT2D eigenvalue weighted by Crippen LogP contribution is 1.98. The minimum absolute atomic E-state index is 0.0650. The van der Waals surface area contributed by atoms with Gasteiger partial charge in [-0.1, -0.05) is 0 Å². The first-order chi connectivity index (χ1) is 5.09. The standard InChI is InChI=1S/C6H10N2O3/c1-3-2-4(9)8-5(7-3)6(10)11/h3,5,7H,2H2,1H3,(H,8,9)(H,10,11). The van der Waals surface area contributed by atoms with E-state index in [1.54, 1.807) is 6.92 Å². The zero-order valence-electron chi connectivity index (χ0n) is 6.13. The Bertz CT molecular complexity index is 192. The Morgan fingerprint density at radius 1 is 1.73 bits per heavy atom. The number of carboxylic acid groups (broad SMARTS) is 1. The van der Waals surface area contributed by atoms with Crippen LogP contribution in [0.4, 0.5) is 0 Å². The lowest BCUT2D eigenvalue weighted by Crippen LogP contribution is -2.59. The molecule has 1 aliphatic rings. The molecule has 0 aromatic rings.